The van der Waals surface area contributed by atoms with Gasteiger partial charge in [-0.05, 0) is 46.9 Å². The fraction of sp³-hybridized carbons (Fsp3) is 0.294. The summed E-state index contributed by atoms with van der Waals surface area (Å²) in [5.41, 5.74) is 8.18. The second kappa shape index (κ2) is 6.96. The molecule has 2 nitrogen and oxygen atoms in total. The number of hydrogen-bond acceptors (Lipinski definition) is 2. The minimum Gasteiger partial charge on any atom is -0.326 e. The van der Waals surface area contributed by atoms with Crippen LogP contribution in [0.4, 0.5) is 4.39 Å². The Kier molecular flexibility index (Phi) is 5.26. The Morgan fingerprint density at radius 3 is 2.29 bits per heavy atom. The minimum absolute atomic E-state index is 0.278. The molecule has 0 bridgehead atoms. The van der Waals surface area contributed by atoms with Crippen LogP contribution in [0, 0.1) is 5.82 Å². The highest BCUT2D eigenvalue weighted by Gasteiger charge is 2.08. The number of nitrogens with two attached hydrogens (primary N) is 1. The van der Waals surface area contributed by atoms with E-state index in [4.69, 9.17) is 5.73 Å². The van der Waals surface area contributed by atoms with Gasteiger partial charge < -0.3 is 5.73 Å². The molecule has 0 fully saturated rings. The summed E-state index contributed by atoms with van der Waals surface area (Å²) in [6, 6.07) is 12.4. The smallest absolute Gasteiger partial charge is 0.123 e. The Labute approximate surface area is 127 Å². The molecule has 2 N–H and O–H groups in total. The molecule has 2 rings (SSSR count). The van der Waals surface area contributed by atoms with E-state index in [9.17, 15) is 8.60 Å². The van der Waals surface area contributed by atoms with Gasteiger partial charge in [0.25, 0.3) is 0 Å². The number of rotatable bonds is 5. The van der Waals surface area contributed by atoms with Gasteiger partial charge in [-0.3, -0.25) is 4.21 Å². The van der Waals surface area contributed by atoms with Gasteiger partial charge in [0.2, 0.25) is 0 Å². The first-order valence-corrected chi connectivity index (χ1v) is 8.28. The van der Waals surface area contributed by atoms with Crippen LogP contribution in [0.2, 0.25) is 0 Å². The number of halogens is 1. The molecule has 4 heteroatoms. The maximum atomic E-state index is 13.5. The van der Waals surface area contributed by atoms with Gasteiger partial charge in [-0.25, -0.2) is 4.39 Å². The molecule has 1 atom stereocenters. The first-order valence-electron chi connectivity index (χ1n) is 6.96. The molecule has 1 unspecified atom stereocenters. The van der Waals surface area contributed by atoms with Crippen LogP contribution >= 0.6 is 0 Å². The molecule has 0 radical (unpaired) electrons. The normalized spacial score (nSPS) is 12.6. The molecule has 0 saturated heterocycles. The van der Waals surface area contributed by atoms with Gasteiger partial charge in [0.05, 0.1) is 16.6 Å². The van der Waals surface area contributed by atoms with Gasteiger partial charge in [-0.1, -0.05) is 32.0 Å². The van der Waals surface area contributed by atoms with Crippen LogP contribution in [-0.4, -0.2) is 4.21 Å². The number of hydrogen-bond donors (Lipinski definition) is 1. The highest BCUT2D eigenvalue weighted by Crippen LogP contribution is 2.19. The van der Waals surface area contributed by atoms with E-state index in [0.717, 1.165) is 10.5 Å². The predicted molar refractivity (Wildman–Crippen MR) is 84.9 cm³/mol. The van der Waals surface area contributed by atoms with Crippen LogP contribution in [0.3, 0.4) is 0 Å². The molecule has 0 saturated carbocycles. The zero-order chi connectivity index (χ0) is 15.4. The molecule has 21 heavy (non-hydrogen) atoms. The molecule has 0 aromatic heterocycles. The first-order chi connectivity index (χ1) is 9.99. The van der Waals surface area contributed by atoms with E-state index in [-0.39, 0.29) is 12.4 Å². The highest BCUT2D eigenvalue weighted by molar-refractivity contribution is 7.84. The van der Waals surface area contributed by atoms with Crippen LogP contribution in [0.1, 0.15) is 36.5 Å². The van der Waals surface area contributed by atoms with Crippen LogP contribution in [0.25, 0.3) is 0 Å². The summed E-state index contributed by atoms with van der Waals surface area (Å²) in [6.07, 6.45) is 0. The molecular formula is C17H20FNOS. The van der Waals surface area contributed by atoms with E-state index in [1.165, 1.54) is 17.7 Å². The van der Waals surface area contributed by atoms with Crippen LogP contribution < -0.4 is 5.73 Å². The first kappa shape index (κ1) is 15.9. The van der Waals surface area contributed by atoms with E-state index in [0.29, 0.717) is 17.2 Å². The van der Waals surface area contributed by atoms with E-state index < -0.39 is 10.8 Å². The fourth-order valence-electron chi connectivity index (χ4n) is 2.16. The molecular weight excluding hydrogens is 285 g/mol. The summed E-state index contributed by atoms with van der Waals surface area (Å²) in [6.45, 7) is 4.51. The second-order valence-corrected chi connectivity index (χ2v) is 6.84. The lowest BCUT2D eigenvalue weighted by Crippen LogP contribution is -2.02. The summed E-state index contributed by atoms with van der Waals surface area (Å²) < 4.78 is 25.8. The fourth-order valence-corrected chi connectivity index (χ4v) is 3.23. The van der Waals surface area contributed by atoms with Crippen LogP contribution in [0.5, 0.6) is 0 Å². The van der Waals surface area contributed by atoms with Crippen molar-refractivity contribution < 1.29 is 8.60 Å². The van der Waals surface area contributed by atoms with Crippen molar-refractivity contribution in [1.29, 1.82) is 0 Å². The Morgan fingerprint density at radius 1 is 1.10 bits per heavy atom. The van der Waals surface area contributed by atoms with Crippen LogP contribution in [0.15, 0.2) is 47.4 Å². The zero-order valence-corrected chi connectivity index (χ0v) is 13.1. The van der Waals surface area contributed by atoms with Gasteiger partial charge >= 0.3 is 0 Å². The van der Waals surface area contributed by atoms with Crippen molar-refractivity contribution in [2.45, 2.75) is 37.0 Å². The third kappa shape index (κ3) is 4.22. The van der Waals surface area contributed by atoms with Gasteiger partial charge in [0.1, 0.15) is 5.82 Å². The SMILES string of the molecule is CC(C)c1ccc(S(=O)Cc2cc(F)cc(CN)c2)cc1. The third-order valence-electron chi connectivity index (χ3n) is 3.36. The Balaban J connectivity index is 2.15. The quantitative estimate of drug-likeness (QED) is 0.915. The molecule has 0 spiro atoms. The molecule has 0 aliphatic rings. The number of benzene rings is 2. The standard InChI is InChI=1S/C17H20FNOS/c1-12(2)15-3-5-17(6-4-15)21(20)11-14-7-13(10-19)8-16(18)9-14/h3-9,12H,10-11,19H2,1-2H3. The minimum atomic E-state index is -1.18. The van der Waals surface area contributed by atoms with Gasteiger partial charge in [0, 0.05) is 11.4 Å². The zero-order valence-electron chi connectivity index (χ0n) is 12.3. The lowest BCUT2D eigenvalue weighted by molar-refractivity contribution is 0.623. The summed E-state index contributed by atoms with van der Waals surface area (Å²) in [5.74, 6) is 0.411. The Hall–Kier alpha value is -1.52. The molecule has 0 aliphatic carbocycles. The van der Waals surface area contributed by atoms with Crippen molar-refractivity contribution in [2.24, 2.45) is 5.73 Å². The van der Waals surface area contributed by atoms with Crippen LogP contribution in [-0.2, 0) is 23.1 Å². The van der Waals surface area contributed by atoms with Crippen molar-refractivity contribution >= 4 is 10.8 Å². The van der Waals surface area contributed by atoms with Crippen molar-refractivity contribution in [3.63, 3.8) is 0 Å². The van der Waals surface area contributed by atoms with Crippen molar-refractivity contribution in [3.05, 3.63) is 65.0 Å². The van der Waals surface area contributed by atoms with Crippen molar-refractivity contribution in [2.75, 3.05) is 0 Å². The summed E-state index contributed by atoms with van der Waals surface area (Å²) in [4.78, 5) is 0.762. The maximum Gasteiger partial charge on any atom is 0.123 e. The third-order valence-corrected chi connectivity index (χ3v) is 4.75. The lowest BCUT2D eigenvalue weighted by Gasteiger charge is -2.08. The Bertz CT molecular complexity index is 638. The molecule has 0 aliphatic heterocycles. The van der Waals surface area contributed by atoms with Crippen molar-refractivity contribution in [1.82, 2.24) is 0 Å². The van der Waals surface area contributed by atoms with E-state index in [1.807, 2.05) is 30.3 Å². The summed E-state index contributed by atoms with van der Waals surface area (Å²) in [7, 11) is -1.18. The maximum absolute atomic E-state index is 13.5. The average molecular weight is 305 g/mol. The van der Waals surface area contributed by atoms with E-state index in [1.54, 1.807) is 0 Å². The van der Waals surface area contributed by atoms with Gasteiger partial charge in [-0.15, -0.1) is 0 Å². The Morgan fingerprint density at radius 2 is 1.71 bits per heavy atom. The molecule has 0 amide bonds. The molecule has 0 heterocycles. The van der Waals surface area contributed by atoms with E-state index in [2.05, 4.69) is 13.8 Å². The largest absolute Gasteiger partial charge is 0.326 e. The highest BCUT2D eigenvalue weighted by atomic mass is 32.2. The summed E-state index contributed by atoms with van der Waals surface area (Å²) in [5, 5.41) is 0. The average Bonchev–Trinajstić information content (AvgIpc) is 2.46. The summed E-state index contributed by atoms with van der Waals surface area (Å²) >= 11 is 0. The van der Waals surface area contributed by atoms with Gasteiger partial charge in [-0.2, -0.15) is 0 Å². The lowest BCUT2D eigenvalue weighted by atomic mass is 10.0. The monoisotopic (exact) mass is 305 g/mol. The topological polar surface area (TPSA) is 43.1 Å². The van der Waals surface area contributed by atoms with Crippen molar-refractivity contribution in [3.8, 4) is 0 Å². The molecule has 2 aromatic rings. The second-order valence-electron chi connectivity index (χ2n) is 5.39. The van der Waals surface area contributed by atoms with Gasteiger partial charge in [0.15, 0.2) is 0 Å². The molecule has 2 aromatic carbocycles. The molecule has 112 valence electrons. The van der Waals surface area contributed by atoms with E-state index >= 15 is 0 Å². The predicted octanol–water partition coefficient (Wildman–Crippen LogP) is 3.72.